The maximum atomic E-state index is 12.4. The van der Waals surface area contributed by atoms with Crippen molar-refractivity contribution >= 4 is 34.1 Å². The van der Waals surface area contributed by atoms with Gasteiger partial charge in [0.1, 0.15) is 11.4 Å². The Kier molecular flexibility index (Phi) is 8.31. The number of methoxy groups -OCH3 is 1. The van der Waals surface area contributed by atoms with Crippen molar-refractivity contribution in [2.45, 2.75) is 32.2 Å². The second-order valence-corrected chi connectivity index (χ2v) is 11.4. The smallest absolute Gasteiger partial charge is 0.247 e. The molecule has 0 radical (unpaired) electrons. The number of piperazine rings is 1. The number of nitrogens with one attached hydrogen (secondary N) is 2. The Labute approximate surface area is 252 Å². The van der Waals surface area contributed by atoms with E-state index in [4.69, 9.17) is 9.72 Å². The predicted octanol–water partition coefficient (Wildman–Crippen LogP) is 4.81. The van der Waals surface area contributed by atoms with Crippen LogP contribution in [0.2, 0.25) is 0 Å². The first-order valence-electron chi connectivity index (χ1n) is 14.9. The lowest BCUT2D eigenvalue weighted by Gasteiger charge is -2.32. The summed E-state index contributed by atoms with van der Waals surface area (Å²) in [5.41, 5.74) is 6.09. The molecule has 2 aromatic heterocycles. The van der Waals surface area contributed by atoms with Crippen LogP contribution in [0.4, 0.5) is 17.3 Å². The molecule has 1 amide bonds. The highest BCUT2D eigenvalue weighted by Crippen LogP contribution is 2.39. The number of ether oxygens (including phenoxy) is 1. The van der Waals surface area contributed by atoms with Crippen molar-refractivity contribution in [3.63, 3.8) is 0 Å². The lowest BCUT2D eigenvalue weighted by atomic mass is 10.0. The molecule has 0 saturated carbocycles. The van der Waals surface area contributed by atoms with Gasteiger partial charge in [0, 0.05) is 55.6 Å². The quantitative estimate of drug-likeness (QED) is 0.229. The van der Waals surface area contributed by atoms with E-state index < -0.39 is 0 Å². The number of benzene rings is 2. The van der Waals surface area contributed by atoms with Gasteiger partial charge >= 0.3 is 0 Å². The van der Waals surface area contributed by atoms with Crippen molar-refractivity contribution in [2.75, 3.05) is 57.5 Å². The number of aromatic nitrogens is 3. The van der Waals surface area contributed by atoms with Crippen LogP contribution in [0.15, 0.2) is 55.4 Å². The van der Waals surface area contributed by atoms with Gasteiger partial charge in [-0.2, -0.15) is 0 Å². The fourth-order valence-electron chi connectivity index (χ4n) is 6.16. The molecule has 0 spiro atoms. The first kappa shape index (κ1) is 28.7. The number of hydrogen-bond acceptors (Lipinski definition) is 8. The van der Waals surface area contributed by atoms with Gasteiger partial charge in [-0.3, -0.25) is 4.79 Å². The van der Waals surface area contributed by atoms with Gasteiger partial charge in [-0.15, -0.1) is 0 Å². The van der Waals surface area contributed by atoms with Gasteiger partial charge in [0.25, 0.3) is 0 Å². The number of amides is 1. The highest BCUT2D eigenvalue weighted by atomic mass is 16.5. The number of anilines is 3. The largest absolute Gasteiger partial charge is 0.504 e. The summed E-state index contributed by atoms with van der Waals surface area (Å²) < 4.78 is 8.02. The molecule has 4 heterocycles. The number of likely N-dealkylation sites (N-methyl/N-ethyl adjacent to an activating group) is 1. The van der Waals surface area contributed by atoms with Crippen molar-refractivity contribution in [3.05, 3.63) is 66.5 Å². The highest BCUT2D eigenvalue weighted by molar-refractivity contribution is 6.00. The first-order valence-corrected chi connectivity index (χ1v) is 14.9. The Balaban J connectivity index is 1.28. The standard InChI is InChI=1S/C33H39N7O3/c1-4-30(42)35-26-19-27(29(43-3)18-23(26)10-6-12-39-16-14-38(2)15-17-39)36-33-34-20-28(41)31(37-33)25-21-40-13-7-9-22-8-5-11-24(25)32(22)40/h4-5,8,11,18-21,41H,1,6-7,9-10,12-17H2,2-3H3,(H,35,42)(H,34,36,37). The molecule has 2 aromatic carbocycles. The van der Waals surface area contributed by atoms with Crippen LogP contribution in [0.25, 0.3) is 22.2 Å². The number of para-hydroxylation sites is 1. The second kappa shape index (κ2) is 12.4. The van der Waals surface area contributed by atoms with E-state index in [9.17, 15) is 9.90 Å². The summed E-state index contributed by atoms with van der Waals surface area (Å²) >= 11 is 0. The molecule has 0 aliphatic carbocycles. The van der Waals surface area contributed by atoms with E-state index in [1.807, 2.05) is 12.1 Å². The SMILES string of the molecule is C=CC(=O)Nc1cc(Nc2ncc(O)c(-c3cn4c5c(cccc35)CCC4)n2)c(OC)cc1CCCN1CCN(C)CC1. The van der Waals surface area contributed by atoms with Gasteiger partial charge < -0.3 is 34.8 Å². The Morgan fingerprint density at radius 2 is 2.00 bits per heavy atom. The van der Waals surface area contributed by atoms with Crippen LogP contribution in [0, 0.1) is 0 Å². The number of nitrogens with zero attached hydrogens (tertiary/aromatic N) is 5. The predicted molar refractivity (Wildman–Crippen MR) is 170 cm³/mol. The number of hydrogen-bond donors (Lipinski definition) is 3. The van der Waals surface area contributed by atoms with Crippen molar-refractivity contribution in [1.29, 1.82) is 0 Å². The summed E-state index contributed by atoms with van der Waals surface area (Å²) in [6.07, 6.45) is 8.60. The van der Waals surface area contributed by atoms with Crippen LogP contribution < -0.4 is 15.4 Å². The molecule has 2 aliphatic rings. The second-order valence-electron chi connectivity index (χ2n) is 11.4. The van der Waals surface area contributed by atoms with Crippen molar-refractivity contribution in [2.24, 2.45) is 0 Å². The van der Waals surface area contributed by atoms with Crippen LogP contribution >= 0.6 is 0 Å². The van der Waals surface area contributed by atoms with E-state index in [0.717, 1.165) is 81.5 Å². The van der Waals surface area contributed by atoms with E-state index in [1.165, 1.54) is 23.4 Å². The molecule has 1 saturated heterocycles. The summed E-state index contributed by atoms with van der Waals surface area (Å²) in [5.74, 6) is 0.641. The molecule has 43 heavy (non-hydrogen) atoms. The molecule has 1 fully saturated rings. The number of aryl methyl sites for hydroxylation is 3. The fourth-order valence-corrected chi connectivity index (χ4v) is 6.16. The molecule has 10 nitrogen and oxygen atoms in total. The van der Waals surface area contributed by atoms with E-state index >= 15 is 0 Å². The third kappa shape index (κ3) is 6.07. The van der Waals surface area contributed by atoms with E-state index in [1.54, 1.807) is 7.11 Å². The average molecular weight is 582 g/mol. The Morgan fingerprint density at radius 1 is 1.16 bits per heavy atom. The molecule has 4 aromatic rings. The average Bonchev–Trinajstić information content (AvgIpc) is 3.40. The van der Waals surface area contributed by atoms with Crippen LogP contribution in [-0.4, -0.2) is 82.2 Å². The zero-order valence-corrected chi connectivity index (χ0v) is 24.9. The molecule has 0 unspecified atom stereocenters. The third-order valence-corrected chi connectivity index (χ3v) is 8.48. The van der Waals surface area contributed by atoms with E-state index in [-0.39, 0.29) is 11.7 Å². The first-order chi connectivity index (χ1) is 20.9. The zero-order valence-electron chi connectivity index (χ0n) is 24.9. The minimum absolute atomic E-state index is 0.0100. The number of rotatable bonds is 10. The highest BCUT2D eigenvalue weighted by Gasteiger charge is 2.21. The molecule has 0 atom stereocenters. The van der Waals surface area contributed by atoms with Crippen molar-refractivity contribution < 1.29 is 14.6 Å². The Bertz CT molecular complexity index is 1660. The van der Waals surface area contributed by atoms with E-state index in [2.05, 4.69) is 68.0 Å². The van der Waals surface area contributed by atoms with Crippen LogP contribution in [0.5, 0.6) is 11.5 Å². The molecule has 6 rings (SSSR count). The monoisotopic (exact) mass is 581 g/mol. The van der Waals surface area contributed by atoms with Crippen LogP contribution in [0.3, 0.4) is 0 Å². The van der Waals surface area contributed by atoms with Gasteiger partial charge in [-0.25, -0.2) is 9.97 Å². The van der Waals surface area contributed by atoms with Crippen molar-refractivity contribution in [1.82, 2.24) is 24.3 Å². The topological polar surface area (TPSA) is 108 Å². The fraction of sp³-hybridized carbons (Fsp3) is 0.364. The van der Waals surface area contributed by atoms with Gasteiger partial charge in [0.2, 0.25) is 11.9 Å². The summed E-state index contributed by atoms with van der Waals surface area (Å²) in [4.78, 5) is 26.3. The maximum absolute atomic E-state index is 12.4. The van der Waals surface area contributed by atoms with Gasteiger partial charge in [-0.1, -0.05) is 24.8 Å². The van der Waals surface area contributed by atoms with Crippen molar-refractivity contribution in [3.8, 4) is 22.8 Å². The molecule has 224 valence electrons. The molecule has 10 heteroatoms. The molecular formula is C33H39N7O3. The Hall–Kier alpha value is -4.41. The summed E-state index contributed by atoms with van der Waals surface area (Å²) in [6.45, 7) is 9.84. The normalized spacial score (nSPS) is 15.4. The lowest BCUT2D eigenvalue weighted by molar-refractivity contribution is -0.111. The van der Waals surface area contributed by atoms with E-state index in [0.29, 0.717) is 28.8 Å². The third-order valence-electron chi connectivity index (χ3n) is 8.48. The summed E-state index contributed by atoms with van der Waals surface area (Å²) in [6, 6.07) is 10.1. The van der Waals surface area contributed by atoms with Gasteiger partial charge in [0.05, 0.1) is 24.5 Å². The molecule has 0 bridgehead atoms. The molecule has 2 aliphatic heterocycles. The molecular weight excluding hydrogens is 542 g/mol. The van der Waals surface area contributed by atoms with Gasteiger partial charge in [-0.05, 0) is 68.6 Å². The minimum Gasteiger partial charge on any atom is -0.504 e. The summed E-state index contributed by atoms with van der Waals surface area (Å²) in [7, 11) is 3.78. The van der Waals surface area contributed by atoms with Crippen LogP contribution in [0.1, 0.15) is 24.0 Å². The zero-order chi connectivity index (χ0) is 29.9. The Morgan fingerprint density at radius 3 is 2.79 bits per heavy atom. The maximum Gasteiger partial charge on any atom is 0.247 e. The van der Waals surface area contributed by atoms with Gasteiger partial charge in [0.15, 0.2) is 5.75 Å². The molecule has 3 N–H and O–H groups in total. The summed E-state index contributed by atoms with van der Waals surface area (Å²) in [5, 5.41) is 18.1. The number of carbonyl (C=O) groups excluding carboxylic acids is 1. The number of aromatic hydroxyl groups is 1. The minimum atomic E-state index is -0.285. The number of carbonyl (C=O) groups is 1. The lowest BCUT2D eigenvalue weighted by Crippen LogP contribution is -2.44. The van der Waals surface area contributed by atoms with Crippen LogP contribution in [-0.2, 0) is 24.2 Å².